The average molecular weight is 300 g/mol. The minimum Gasteiger partial charge on any atom is -0.492 e. The van der Waals surface area contributed by atoms with E-state index >= 15 is 0 Å². The van der Waals surface area contributed by atoms with Crippen LogP contribution in [0.2, 0.25) is 5.02 Å². The van der Waals surface area contributed by atoms with Gasteiger partial charge in [0.1, 0.15) is 5.75 Å². The number of rotatable bonds is 6. The molecular weight excluding hydrogens is 278 g/mol. The van der Waals surface area contributed by atoms with Crippen molar-refractivity contribution in [1.82, 2.24) is 9.80 Å². The Kier molecular flexibility index (Phi) is 6.61. The van der Waals surface area contributed by atoms with Crippen LogP contribution in [-0.2, 0) is 0 Å². The standard InChI is InChI=1S/C14H22ClN3O2/c1-5-20-13-10-11(15)6-7-12(13)16-14(19)18(4)9-8-17(2)3/h6-7,10H,5,8-9H2,1-4H3,(H,16,19). The summed E-state index contributed by atoms with van der Waals surface area (Å²) in [5.41, 5.74) is 0.623. The highest BCUT2D eigenvalue weighted by molar-refractivity contribution is 6.30. The fourth-order valence-corrected chi connectivity index (χ4v) is 1.70. The van der Waals surface area contributed by atoms with Crippen LogP contribution in [0.15, 0.2) is 18.2 Å². The van der Waals surface area contributed by atoms with E-state index in [-0.39, 0.29) is 6.03 Å². The lowest BCUT2D eigenvalue weighted by Gasteiger charge is -2.21. The number of nitrogens with zero attached hydrogens (tertiary/aromatic N) is 2. The van der Waals surface area contributed by atoms with Crippen molar-refractivity contribution >= 4 is 23.3 Å². The Morgan fingerprint density at radius 2 is 2.00 bits per heavy atom. The molecule has 0 heterocycles. The molecule has 112 valence electrons. The van der Waals surface area contributed by atoms with Crippen LogP contribution in [0.1, 0.15) is 6.92 Å². The quantitative estimate of drug-likeness (QED) is 0.878. The Morgan fingerprint density at radius 1 is 1.30 bits per heavy atom. The number of anilines is 1. The smallest absolute Gasteiger partial charge is 0.321 e. The highest BCUT2D eigenvalue weighted by Gasteiger charge is 2.12. The number of benzene rings is 1. The van der Waals surface area contributed by atoms with Crippen LogP contribution in [0.3, 0.4) is 0 Å². The van der Waals surface area contributed by atoms with Crippen LogP contribution >= 0.6 is 11.6 Å². The first-order chi connectivity index (χ1) is 9.43. The molecule has 0 saturated carbocycles. The summed E-state index contributed by atoms with van der Waals surface area (Å²) < 4.78 is 5.47. The Morgan fingerprint density at radius 3 is 2.60 bits per heavy atom. The molecule has 0 aromatic heterocycles. The third-order valence-corrected chi connectivity index (χ3v) is 2.95. The molecule has 1 rings (SSSR count). The summed E-state index contributed by atoms with van der Waals surface area (Å²) >= 11 is 5.93. The van der Waals surface area contributed by atoms with Gasteiger partial charge in [0.05, 0.1) is 12.3 Å². The highest BCUT2D eigenvalue weighted by Crippen LogP contribution is 2.28. The van der Waals surface area contributed by atoms with Gasteiger partial charge in [0, 0.05) is 31.2 Å². The van der Waals surface area contributed by atoms with Gasteiger partial charge in [-0.2, -0.15) is 0 Å². The van der Waals surface area contributed by atoms with Crippen molar-refractivity contribution in [1.29, 1.82) is 0 Å². The monoisotopic (exact) mass is 299 g/mol. The van der Waals surface area contributed by atoms with E-state index in [4.69, 9.17) is 16.3 Å². The lowest BCUT2D eigenvalue weighted by atomic mass is 10.3. The fraction of sp³-hybridized carbons (Fsp3) is 0.500. The Hall–Kier alpha value is -1.46. The second kappa shape index (κ2) is 7.97. The van der Waals surface area contributed by atoms with Crippen molar-refractivity contribution < 1.29 is 9.53 Å². The Bertz CT molecular complexity index is 452. The van der Waals surface area contributed by atoms with Gasteiger partial charge in [-0.25, -0.2) is 4.79 Å². The van der Waals surface area contributed by atoms with Gasteiger partial charge < -0.3 is 19.9 Å². The molecule has 0 unspecified atom stereocenters. The van der Waals surface area contributed by atoms with Gasteiger partial charge in [-0.15, -0.1) is 0 Å². The number of hydrogen-bond donors (Lipinski definition) is 1. The van der Waals surface area contributed by atoms with Crippen molar-refractivity contribution in [3.05, 3.63) is 23.2 Å². The molecule has 0 spiro atoms. The third kappa shape index (κ3) is 5.27. The van der Waals surface area contributed by atoms with Crippen LogP contribution in [0.4, 0.5) is 10.5 Å². The molecule has 5 nitrogen and oxygen atoms in total. The SMILES string of the molecule is CCOc1cc(Cl)ccc1NC(=O)N(C)CCN(C)C. The number of urea groups is 1. The molecule has 0 bridgehead atoms. The van der Waals surface area contributed by atoms with Gasteiger partial charge in [0.25, 0.3) is 0 Å². The van der Waals surface area contributed by atoms with Gasteiger partial charge in [-0.3, -0.25) is 0 Å². The van der Waals surface area contributed by atoms with Crippen LogP contribution in [0, 0.1) is 0 Å². The van der Waals surface area contributed by atoms with E-state index in [1.807, 2.05) is 25.9 Å². The minimum atomic E-state index is -0.171. The summed E-state index contributed by atoms with van der Waals surface area (Å²) in [4.78, 5) is 15.7. The third-order valence-electron chi connectivity index (χ3n) is 2.71. The van der Waals surface area contributed by atoms with Crippen molar-refractivity contribution in [2.45, 2.75) is 6.92 Å². The maximum Gasteiger partial charge on any atom is 0.321 e. The zero-order valence-corrected chi connectivity index (χ0v) is 13.2. The largest absolute Gasteiger partial charge is 0.492 e. The van der Waals surface area contributed by atoms with E-state index in [0.717, 1.165) is 6.54 Å². The molecule has 6 heteroatoms. The summed E-state index contributed by atoms with van der Waals surface area (Å²) in [6, 6.07) is 4.99. The first kappa shape index (κ1) is 16.6. The predicted octanol–water partition coefficient (Wildman–Crippen LogP) is 2.76. The summed E-state index contributed by atoms with van der Waals surface area (Å²) in [5.74, 6) is 0.578. The number of carbonyl (C=O) groups excluding carboxylic acids is 1. The zero-order chi connectivity index (χ0) is 15.1. The lowest BCUT2D eigenvalue weighted by Crippen LogP contribution is -2.36. The molecule has 0 saturated heterocycles. The molecule has 0 radical (unpaired) electrons. The molecule has 0 aliphatic heterocycles. The maximum absolute atomic E-state index is 12.1. The molecule has 20 heavy (non-hydrogen) atoms. The molecule has 0 aliphatic carbocycles. The van der Waals surface area contributed by atoms with Crippen LogP contribution in [0.25, 0.3) is 0 Å². The van der Waals surface area contributed by atoms with Crippen LogP contribution in [-0.4, -0.2) is 56.7 Å². The number of likely N-dealkylation sites (N-methyl/N-ethyl adjacent to an activating group) is 2. The first-order valence-electron chi connectivity index (χ1n) is 6.53. The first-order valence-corrected chi connectivity index (χ1v) is 6.91. The Labute approximate surface area is 125 Å². The van der Waals surface area contributed by atoms with Crippen molar-refractivity contribution in [3.8, 4) is 5.75 Å². The second-order valence-electron chi connectivity index (χ2n) is 4.73. The van der Waals surface area contributed by atoms with Crippen molar-refractivity contribution in [2.75, 3.05) is 46.2 Å². The van der Waals surface area contributed by atoms with E-state index in [1.54, 1.807) is 30.1 Å². The lowest BCUT2D eigenvalue weighted by molar-refractivity contribution is 0.217. The maximum atomic E-state index is 12.1. The molecular formula is C14H22ClN3O2. The van der Waals surface area contributed by atoms with E-state index in [2.05, 4.69) is 5.32 Å². The molecule has 0 aliphatic rings. The van der Waals surface area contributed by atoms with E-state index < -0.39 is 0 Å². The topological polar surface area (TPSA) is 44.8 Å². The van der Waals surface area contributed by atoms with Crippen molar-refractivity contribution in [2.24, 2.45) is 0 Å². The second-order valence-corrected chi connectivity index (χ2v) is 5.16. The molecule has 1 aromatic rings. The number of hydrogen-bond acceptors (Lipinski definition) is 3. The minimum absolute atomic E-state index is 0.171. The van der Waals surface area contributed by atoms with Gasteiger partial charge in [0.15, 0.2) is 0 Å². The van der Waals surface area contributed by atoms with Gasteiger partial charge in [-0.1, -0.05) is 11.6 Å². The number of nitrogens with one attached hydrogen (secondary N) is 1. The molecule has 0 fully saturated rings. The number of ether oxygens (including phenoxy) is 1. The van der Waals surface area contributed by atoms with Crippen LogP contribution < -0.4 is 10.1 Å². The molecule has 1 N–H and O–H groups in total. The molecule has 2 amide bonds. The average Bonchev–Trinajstić information content (AvgIpc) is 2.39. The van der Waals surface area contributed by atoms with E-state index in [0.29, 0.717) is 29.6 Å². The Balaban J connectivity index is 2.69. The fourth-order valence-electron chi connectivity index (χ4n) is 1.54. The number of halogens is 1. The predicted molar refractivity (Wildman–Crippen MR) is 82.8 cm³/mol. The van der Waals surface area contributed by atoms with Crippen LogP contribution in [0.5, 0.6) is 5.75 Å². The summed E-state index contributed by atoms with van der Waals surface area (Å²) in [6.07, 6.45) is 0. The zero-order valence-electron chi connectivity index (χ0n) is 12.4. The van der Waals surface area contributed by atoms with Gasteiger partial charge in [-0.05, 0) is 33.2 Å². The number of carbonyl (C=O) groups is 1. The van der Waals surface area contributed by atoms with Gasteiger partial charge >= 0.3 is 6.03 Å². The van der Waals surface area contributed by atoms with E-state index in [9.17, 15) is 4.79 Å². The highest BCUT2D eigenvalue weighted by atomic mass is 35.5. The van der Waals surface area contributed by atoms with E-state index in [1.165, 1.54) is 0 Å². The van der Waals surface area contributed by atoms with Crippen molar-refractivity contribution in [3.63, 3.8) is 0 Å². The molecule has 0 atom stereocenters. The molecule has 1 aromatic carbocycles. The summed E-state index contributed by atoms with van der Waals surface area (Å²) in [5, 5.41) is 3.41. The normalized spacial score (nSPS) is 10.5. The number of amides is 2. The summed E-state index contributed by atoms with van der Waals surface area (Å²) in [7, 11) is 5.70. The van der Waals surface area contributed by atoms with Gasteiger partial charge in [0.2, 0.25) is 0 Å². The summed E-state index contributed by atoms with van der Waals surface area (Å²) in [6.45, 7) is 3.86.